The predicted molar refractivity (Wildman–Crippen MR) is 152 cm³/mol. The minimum absolute atomic E-state index is 0.146. The van der Waals surface area contributed by atoms with Crippen LogP contribution in [0.3, 0.4) is 0 Å². The van der Waals surface area contributed by atoms with Crippen LogP contribution >= 0.6 is 0 Å². The second kappa shape index (κ2) is 17.9. The van der Waals surface area contributed by atoms with E-state index in [0.717, 1.165) is 44.2 Å². The number of rotatable bonds is 16. The molecular weight excluding hydrogens is 602 g/mol. The molecule has 45 heavy (non-hydrogen) atoms. The van der Waals surface area contributed by atoms with Gasteiger partial charge in [0.05, 0.1) is 25.9 Å². The Labute approximate surface area is 260 Å². The monoisotopic (exact) mass is 647 g/mol. The average molecular weight is 648 g/mol. The van der Waals surface area contributed by atoms with Crippen molar-refractivity contribution in [2.75, 3.05) is 26.9 Å². The summed E-state index contributed by atoms with van der Waals surface area (Å²) in [6, 6.07) is 1.94. The van der Waals surface area contributed by atoms with Crippen LogP contribution in [0.1, 0.15) is 55.3 Å². The smallest absolute Gasteiger partial charge is 0.305 e. The first-order chi connectivity index (χ1) is 21.5. The minimum atomic E-state index is -1.81. The van der Waals surface area contributed by atoms with Gasteiger partial charge < -0.3 is 69.9 Å². The van der Waals surface area contributed by atoms with E-state index in [-0.39, 0.29) is 23.9 Å². The second-order valence-corrected chi connectivity index (χ2v) is 11.0. The third-order valence-corrected chi connectivity index (χ3v) is 7.80. The number of hydrogen-bond acceptors (Lipinski definition) is 15. The number of methoxy groups -OCH3 is 1. The number of carbonyl (C=O) groups excluding carboxylic acids is 2. The molecule has 0 bridgehead atoms. The van der Waals surface area contributed by atoms with Crippen LogP contribution < -0.4 is 5.32 Å². The Hall–Kier alpha value is -2.64. The summed E-state index contributed by atoms with van der Waals surface area (Å²) in [5.41, 5.74) is -0.235. The Morgan fingerprint density at radius 2 is 1.47 bits per heavy atom. The topological polar surface area (TPSA) is 254 Å². The molecule has 9 N–H and O–H groups in total. The number of unbranched alkanes of at least 4 members (excludes halogenated alkanes) is 5. The van der Waals surface area contributed by atoms with E-state index in [0.29, 0.717) is 12.8 Å². The zero-order valence-corrected chi connectivity index (χ0v) is 25.0. The molecule has 0 radical (unpaired) electrons. The number of nitrogens with one attached hydrogen (secondary N) is 1. The van der Waals surface area contributed by atoms with E-state index < -0.39 is 86.2 Å². The molecule has 0 aliphatic carbocycles. The summed E-state index contributed by atoms with van der Waals surface area (Å²) in [6.07, 6.45) is -8.90. The summed E-state index contributed by atoms with van der Waals surface area (Å²) in [4.78, 5) is 24.3. The number of aliphatic hydroxyl groups is 6. The van der Waals surface area contributed by atoms with Crippen LogP contribution in [-0.4, -0.2) is 141 Å². The van der Waals surface area contributed by atoms with Crippen molar-refractivity contribution in [1.29, 1.82) is 0 Å². The summed E-state index contributed by atoms with van der Waals surface area (Å²) in [5, 5.41) is 84.0. The summed E-state index contributed by atoms with van der Waals surface area (Å²) < 4.78 is 27.5. The molecule has 0 spiro atoms. The molecule has 16 heteroatoms. The number of aliphatic hydroxyl groups excluding tert-OH is 6. The summed E-state index contributed by atoms with van der Waals surface area (Å²) in [7, 11) is 1.35. The lowest BCUT2D eigenvalue weighted by atomic mass is 9.95. The maximum Gasteiger partial charge on any atom is 0.305 e. The molecule has 7 unspecified atom stereocenters. The van der Waals surface area contributed by atoms with Gasteiger partial charge in [-0.15, -0.1) is 0 Å². The maximum absolute atomic E-state index is 13.1. The molecule has 1 amide bonds. The number of benzene rings is 1. The molecule has 2 heterocycles. The van der Waals surface area contributed by atoms with E-state index in [9.17, 15) is 50.4 Å². The molecule has 0 saturated carbocycles. The molecule has 1 aromatic rings. The van der Waals surface area contributed by atoms with E-state index in [4.69, 9.17) is 18.9 Å². The number of amides is 1. The lowest BCUT2D eigenvalue weighted by Gasteiger charge is -2.47. The number of hydrogen-bond donors (Lipinski definition) is 9. The number of phenols is 2. The van der Waals surface area contributed by atoms with Crippen molar-refractivity contribution in [3.8, 4) is 11.5 Å². The highest BCUT2D eigenvalue weighted by molar-refractivity contribution is 5.97. The summed E-state index contributed by atoms with van der Waals surface area (Å²) in [6.45, 7) is -1.28. The fraction of sp³-hybridized carbons (Fsp3) is 0.724. The van der Waals surface area contributed by atoms with Crippen LogP contribution in [-0.2, 0) is 28.5 Å². The van der Waals surface area contributed by atoms with Gasteiger partial charge in [-0.3, -0.25) is 9.59 Å². The molecular formula is C29H45NO15. The summed E-state index contributed by atoms with van der Waals surface area (Å²) >= 11 is 0. The van der Waals surface area contributed by atoms with Gasteiger partial charge in [0.1, 0.15) is 60.3 Å². The van der Waals surface area contributed by atoms with Gasteiger partial charge >= 0.3 is 5.97 Å². The Morgan fingerprint density at radius 3 is 2.11 bits per heavy atom. The molecule has 3 rings (SSSR count). The standard InChI is InChI=1S/C29H45NO15/c1-41-20(35)8-6-4-2-3-5-7-11-42-28-21(30-27(40)16-10-9-15(33)12-17(16)34)23(37)26(19(14-32)44-28)45-29-25(39)24(38)22(36)18(13-31)43-29/h9-10,12,18-19,21-26,28-29,31-34,36-39H,2-8,11,13-14H2,1H3,(H,30,40)/t18?,19?,21?,22-,23?,24?,25?,26+,28+,29?/m0/s1. The average Bonchev–Trinajstić information content (AvgIpc) is 3.02. The van der Waals surface area contributed by atoms with Crippen LogP contribution in [0.25, 0.3) is 0 Å². The molecule has 1 aromatic carbocycles. The second-order valence-electron chi connectivity index (χ2n) is 11.0. The van der Waals surface area contributed by atoms with Crippen molar-refractivity contribution in [1.82, 2.24) is 5.32 Å². The Kier molecular flexibility index (Phi) is 14.6. The number of esters is 1. The van der Waals surface area contributed by atoms with Crippen LogP contribution in [0.2, 0.25) is 0 Å². The summed E-state index contributed by atoms with van der Waals surface area (Å²) in [5.74, 6) is -1.93. The van der Waals surface area contributed by atoms with Crippen LogP contribution in [0.5, 0.6) is 11.5 Å². The van der Waals surface area contributed by atoms with Gasteiger partial charge in [0.15, 0.2) is 12.6 Å². The van der Waals surface area contributed by atoms with E-state index in [1.165, 1.54) is 13.2 Å². The third-order valence-electron chi connectivity index (χ3n) is 7.80. The van der Waals surface area contributed by atoms with Crippen LogP contribution in [0, 0.1) is 0 Å². The number of ether oxygens (including phenoxy) is 5. The van der Waals surface area contributed by atoms with Crippen molar-refractivity contribution in [3.63, 3.8) is 0 Å². The zero-order chi connectivity index (χ0) is 33.1. The van der Waals surface area contributed by atoms with Crippen LogP contribution in [0.4, 0.5) is 0 Å². The van der Waals surface area contributed by atoms with Crippen molar-refractivity contribution in [3.05, 3.63) is 23.8 Å². The van der Waals surface area contributed by atoms with Gasteiger partial charge in [0, 0.05) is 19.1 Å². The fourth-order valence-electron chi connectivity index (χ4n) is 5.19. The number of aromatic hydroxyl groups is 2. The first-order valence-electron chi connectivity index (χ1n) is 14.9. The lowest BCUT2D eigenvalue weighted by molar-refractivity contribution is -0.348. The Balaban J connectivity index is 1.69. The van der Waals surface area contributed by atoms with Gasteiger partial charge in [-0.25, -0.2) is 0 Å². The SMILES string of the molecule is COC(=O)CCCCCCCCO[C@@H]1OC(CO)[C@@H](OC2OC(CO)[C@H](O)C(O)C2O)C(O)C1NC(=O)c1ccc(O)cc1O. The normalized spacial score (nSPS) is 31.8. The van der Waals surface area contributed by atoms with E-state index in [2.05, 4.69) is 10.1 Å². The van der Waals surface area contributed by atoms with Crippen LogP contribution in [0.15, 0.2) is 18.2 Å². The fourth-order valence-corrected chi connectivity index (χ4v) is 5.19. The maximum atomic E-state index is 13.1. The predicted octanol–water partition coefficient (Wildman–Crippen LogP) is -1.62. The highest BCUT2D eigenvalue weighted by Crippen LogP contribution is 2.31. The largest absolute Gasteiger partial charge is 0.508 e. The Bertz CT molecular complexity index is 1070. The third kappa shape index (κ3) is 9.92. The van der Waals surface area contributed by atoms with Crippen molar-refractivity contribution in [2.45, 2.75) is 106 Å². The zero-order valence-electron chi connectivity index (χ0n) is 25.0. The van der Waals surface area contributed by atoms with Gasteiger partial charge in [-0.1, -0.05) is 25.7 Å². The first kappa shape index (κ1) is 36.8. The van der Waals surface area contributed by atoms with E-state index >= 15 is 0 Å². The highest BCUT2D eigenvalue weighted by Gasteiger charge is 2.51. The van der Waals surface area contributed by atoms with Gasteiger partial charge in [-0.05, 0) is 25.0 Å². The van der Waals surface area contributed by atoms with Gasteiger partial charge in [0.25, 0.3) is 5.91 Å². The molecule has 0 aromatic heterocycles. The molecule has 2 fully saturated rings. The van der Waals surface area contributed by atoms with Crippen molar-refractivity contribution >= 4 is 11.9 Å². The van der Waals surface area contributed by atoms with E-state index in [1.807, 2.05) is 0 Å². The molecule has 256 valence electrons. The minimum Gasteiger partial charge on any atom is -0.508 e. The molecule has 2 aliphatic rings. The van der Waals surface area contributed by atoms with Crippen molar-refractivity contribution < 1.29 is 74.1 Å². The first-order valence-corrected chi connectivity index (χ1v) is 14.9. The molecule has 2 saturated heterocycles. The van der Waals surface area contributed by atoms with Crippen molar-refractivity contribution in [2.24, 2.45) is 0 Å². The highest BCUT2D eigenvalue weighted by atomic mass is 16.7. The Morgan fingerprint density at radius 1 is 0.822 bits per heavy atom. The quantitative estimate of drug-likeness (QED) is 0.0722. The number of carbonyl (C=O) groups is 2. The number of phenolic OH excluding ortho intramolecular Hbond substituents is 2. The molecule has 16 nitrogen and oxygen atoms in total. The molecule has 10 atom stereocenters. The van der Waals surface area contributed by atoms with E-state index in [1.54, 1.807) is 0 Å². The molecule has 2 aliphatic heterocycles. The van der Waals surface area contributed by atoms with Gasteiger partial charge in [0.2, 0.25) is 0 Å². The lowest BCUT2D eigenvalue weighted by Crippen LogP contribution is -2.67. The van der Waals surface area contributed by atoms with Gasteiger partial charge in [-0.2, -0.15) is 0 Å².